The van der Waals surface area contributed by atoms with E-state index >= 15 is 0 Å². The van der Waals surface area contributed by atoms with Crippen LogP contribution in [0.2, 0.25) is 10.0 Å². The fourth-order valence-corrected chi connectivity index (χ4v) is 5.06. The molecule has 0 radical (unpaired) electrons. The van der Waals surface area contributed by atoms with Crippen LogP contribution in [0, 0.1) is 5.82 Å². The van der Waals surface area contributed by atoms with E-state index in [4.69, 9.17) is 33.7 Å². The van der Waals surface area contributed by atoms with Crippen LogP contribution >= 0.6 is 34.7 Å². The highest BCUT2D eigenvalue weighted by Crippen LogP contribution is 2.39. The number of halogens is 3. The van der Waals surface area contributed by atoms with Gasteiger partial charge < -0.3 is 10.5 Å². The quantitative estimate of drug-likeness (QED) is 0.344. The van der Waals surface area contributed by atoms with E-state index in [1.165, 1.54) is 6.33 Å². The van der Waals surface area contributed by atoms with Gasteiger partial charge in [-0.05, 0) is 42.0 Å². The van der Waals surface area contributed by atoms with Gasteiger partial charge in [-0.2, -0.15) is 4.37 Å². The molecule has 0 unspecified atom stereocenters. The molecule has 0 saturated carbocycles. The smallest absolute Gasteiger partial charge is 0.266 e. The predicted octanol–water partition coefficient (Wildman–Crippen LogP) is 5.10. The van der Waals surface area contributed by atoms with Crippen molar-refractivity contribution < 1.29 is 17.5 Å². The maximum atomic E-state index is 14.8. The zero-order valence-corrected chi connectivity index (χ0v) is 19.6. The third kappa shape index (κ3) is 5.23. The summed E-state index contributed by atoms with van der Waals surface area (Å²) in [6, 6.07) is 10.2. The van der Waals surface area contributed by atoms with Crippen LogP contribution in [0.15, 0.2) is 59.9 Å². The first-order chi connectivity index (χ1) is 15.8. The molecule has 0 aliphatic carbocycles. The molecule has 0 spiro atoms. The topological polar surface area (TPSA) is 120 Å². The summed E-state index contributed by atoms with van der Waals surface area (Å²) in [5.74, 6) is -0.825. The Morgan fingerprint density at radius 2 is 1.91 bits per heavy atom. The Morgan fingerprint density at radius 1 is 1.09 bits per heavy atom. The van der Waals surface area contributed by atoms with Crippen LogP contribution in [0.3, 0.4) is 0 Å². The molecule has 2 aromatic carbocycles. The molecule has 0 aliphatic rings. The normalized spacial score (nSPS) is 11.4. The number of aromatic nitrogens is 3. The van der Waals surface area contributed by atoms with Gasteiger partial charge >= 0.3 is 0 Å². The summed E-state index contributed by atoms with van der Waals surface area (Å²) in [5.41, 5.74) is 7.64. The molecule has 4 aromatic rings. The Balaban J connectivity index is 1.70. The monoisotopic (exact) mass is 525 g/mol. The first-order valence-corrected chi connectivity index (χ1v) is 12.2. The number of nitrogens with one attached hydrogen (secondary N) is 1. The van der Waals surface area contributed by atoms with E-state index in [1.807, 2.05) is 0 Å². The van der Waals surface area contributed by atoms with Gasteiger partial charge in [0.25, 0.3) is 10.0 Å². The van der Waals surface area contributed by atoms with Crippen molar-refractivity contribution in [2.24, 2.45) is 5.73 Å². The highest BCUT2D eigenvalue weighted by Gasteiger charge is 2.24. The molecule has 13 heteroatoms. The standard InChI is InChI=1S/C20H14Cl2FN5O3S2/c21-12-1-2-17(14(6-12)11-3-4-25-13(5-11)9-24)31-18-8-16(23)19(7-15(18)22)33(29,30)28-20-26-10-27-32-20/h1-8,10H,9,24H2,(H,26,27,28). The lowest BCUT2D eigenvalue weighted by atomic mass is 10.0. The number of hydrogen-bond acceptors (Lipinski definition) is 8. The molecule has 33 heavy (non-hydrogen) atoms. The van der Waals surface area contributed by atoms with E-state index in [0.717, 1.165) is 29.2 Å². The highest BCUT2D eigenvalue weighted by molar-refractivity contribution is 7.93. The molecule has 0 fully saturated rings. The van der Waals surface area contributed by atoms with Gasteiger partial charge in [0.05, 0.1) is 10.7 Å². The Hall–Kier alpha value is -2.83. The molecule has 3 N–H and O–H groups in total. The lowest BCUT2D eigenvalue weighted by molar-refractivity contribution is 0.475. The Kier molecular flexibility index (Phi) is 6.77. The molecule has 8 nitrogen and oxygen atoms in total. The number of benzene rings is 2. The fraction of sp³-hybridized carbons (Fsp3) is 0.0500. The van der Waals surface area contributed by atoms with Crippen LogP contribution in [-0.4, -0.2) is 22.8 Å². The average Bonchev–Trinajstić information content (AvgIpc) is 3.29. The molecule has 170 valence electrons. The van der Waals surface area contributed by atoms with Crippen LogP contribution in [0.25, 0.3) is 11.1 Å². The summed E-state index contributed by atoms with van der Waals surface area (Å²) in [6.07, 6.45) is 2.77. The third-order valence-corrected chi connectivity index (χ3v) is 6.95. The summed E-state index contributed by atoms with van der Waals surface area (Å²) in [5, 5.41) is 0.322. The first kappa shape index (κ1) is 23.3. The summed E-state index contributed by atoms with van der Waals surface area (Å²) in [7, 11) is -4.28. The van der Waals surface area contributed by atoms with Crippen molar-refractivity contribution in [3.8, 4) is 22.6 Å². The van der Waals surface area contributed by atoms with Crippen molar-refractivity contribution in [3.63, 3.8) is 0 Å². The van der Waals surface area contributed by atoms with Crippen LogP contribution in [0.4, 0.5) is 9.52 Å². The molecule has 0 aliphatic heterocycles. The van der Waals surface area contributed by atoms with Gasteiger partial charge in [-0.3, -0.25) is 9.71 Å². The molecule has 0 atom stereocenters. The number of nitrogens with two attached hydrogens (primary N) is 1. The predicted molar refractivity (Wildman–Crippen MR) is 125 cm³/mol. The molecule has 0 bridgehead atoms. The molecule has 2 aromatic heterocycles. The summed E-state index contributed by atoms with van der Waals surface area (Å²) < 4.78 is 51.6. The van der Waals surface area contributed by atoms with E-state index in [-0.39, 0.29) is 22.4 Å². The van der Waals surface area contributed by atoms with Crippen LogP contribution in [-0.2, 0) is 16.6 Å². The number of rotatable bonds is 7. The summed E-state index contributed by atoms with van der Waals surface area (Å²) in [6.45, 7) is 0.239. The van der Waals surface area contributed by atoms with Gasteiger partial charge in [0.1, 0.15) is 28.5 Å². The Morgan fingerprint density at radius 3 is 2.64 bits per heavy atom. The van der Waals surface area contributed by atoms with Gasteiger partial charge in [-0.1, -0.05) is 23.2 Å². The molecule has 4 rings (SSSR count). The highest BCUT2D eigenvalue weighted by atomic mass is 35.5. The van der Waals surface area contributed by atoms with Crippen molar-refractivity contribution in [1.82, 2.24) is 14.3 Å². The minimum Gasteiger partial charge on any atom is -0.455 e. The molecular weight excluding hydrogens is 512 g/mol. The van der Waals surface area contributed by atoms with Crippen LogP contribution < -0.4 is 15.2 Å². The van der Waals surface area contributed by atoms with E-state index in [9.17, 15) is 12.8 Å². The van der Waals surface area contributed by atoms with Crippen molar-refractivity contribution in [3.05, 3.63) is 76.5 Å². The summed E-state index contributed by atoms with van der Waals surface area (Å²) >= 11 is 13.2. The van der Waals surface area contributed by atoms with Gasteiger partial charge in [0, 0.05) is 40.9 Å². The summed E-state index contributed by atoms with van der Waals surface area (Å²) in [4.78, 5) is 7.23. The van der Waals surface area contributed by atoms with Crippen LogP contribution in [0.1, 0.15) is 5.69 Å². The van der Waals surface area contributed by atoms with E-state index in [2.05, 4.69) is 19.1 Å². The van der Waals surface area contributed by atoms with Gasteiger partial charge in [0.2, 0.25) is 5.13 Å². The minimum absolute atomic E-state index is 0.00847. The average molecular weight is 526 g/mol. The lowest BCUT2D eigenvalue weighted by Gasteiger charge is -2.15. The maximum absolute atomic E-state index is 14.8. The lowest BCUT2D eigenvalue weighted by Crippen LogP contribution is -2.14. The zero-order chi connectivity index (χ0) is 23.6. The van der Waals surface area contributed by atoms with E-state index in [0.29, 0.717) is 22.0 Å². The van der Waals surface area contributed by atoms with Crippen LogP contribution in [0.5, 0.6) is 11.5 Å². The Bertz CT molecular complexity index is 1420. The maximum Gasteiger partial charge on any atom is 0.266 e. The van der Waals surface area contributed by atoms with E-state index in [1.54, 1.807) is 36.5 Å². The second kappa shape index (κ2) is 9.57. The zero-order valence-electron chi connectivity index (χ0n) is 16.5. The second-order valence-electron chi connectivity index (χ2n) is 6.55. The first-order valence-electron chi connectivity index (χ1n) is 9.18. The second-order valence-corrected chi connectivity index (χ2v) is 9.82. The van der Waals surface area contributed by atoms with Gasteiger partial charge in [-0.15, -0.1) is 0 Å². The SMILES string of the molecule is NCc1cc(-c2cc(Cl)ccc2Oc2cc(F)c(S(=O)(=O)Nc3ncns3)cc2Cl)ccn1. The number of ether oxygens (including phenoxy) is 1. The molecular formula is C20H14Cl2FN5O3S2. The van der Waals surface area contributed by atoms with Crippen molar-refractivity contribution in [1.29, 1.82) is 0 Å². The number of anilines is 1. The van der Waals surface area contributed by atoms with Crippen molar-refractivity contribution in [2.75, 3.05) is 4.72 Å². The molecule has 0 saturated heterocycles. The van der Waals surface area contributed by atoms with Gasteiger partial charge in [-0.25, -0.2) is 17.8 Å². The third-order valence-electron chi connectivity index (χ3n) is 4.36. The van der Waals surface area contributed by atoms with Gasteiger partial charge in [0.15, 0.2) is 0 Å². The fourth-order valence-electron chi connectivity index (χ4n) is 2.88. The number of nitrogens with zero attached hydrogens (tertiary/aromatic N) is 3. The number of hydrogen-bond donors (Lipinski definition) is 2. The largest absolute Gasteiger partial charge is 0.455 e. The van der Waals surface area contributed by atoms with Crippen molar-refractivity contribution >= 4 is 49.9 Å². The number of sulfonamides is 1. The number of pyridine rings is 1. The van der Waals surface area contributed by atoms with E-state index < -0.39 is 20.7 Å². The molecule has 0 amide bonds. The minimum atomic E-state index is -4.28. The molecule has 2 heterocycles. The Labute approximate surface area is 202 Å². The van der Waals surface area contributed by atoms with Crippen molar-refractivity contribution in [2.45, 2.75) is 11.4 Å².